The molecule has 0 saturated heterocycles. The molecule has 11 aromatic rings. The van der Waals surface area contributed by atoms with E-state index in [9.17, 15) is 0 Å². The minimum atomic E-state index is -2.58. The topological polar surface area (TPSA) is 9.86 Å². The number of para-hydroxylation sites is 2. The zero-order valence-corrected chi connectivity index (χ0v) is 30.9. The number of benzene rings is 9. The highest BCUT2D eigenvalue weighted by Crippen LogP contribution is 2.44. The summed E-state index contributed by atoms with van der Waals surface area (Å²) >= 11 is 0. The van der Waals surface area contributed by atoms with Gasteiger partial charge in [0.25, 0.3) is 0 Å². The van der Waals surface area contributed by atoms with Crippen molar-refractivity contribution in [2.24, 2.45) is 0 Å². The first-order chi connectivity index (χ1) is 27.3. The molecule has 2 aliphatic rings. The van der Waals surface area contributed by atoms with Crippen molar-refractivity contribution >= 4 is 83.2 Å². The van der Waals surface area contributed by atoms with Gasteiger partial charge in [-0.2, -0.15) is 0 Å². The van der Waals surface area contributed by atoms with E-state index in [0.29, 0.717) is 0 Å². The monoisotopic (exact) mass is 712 g/mol. The predicted molar refractivity (Wildman–Crippen MR) is 234 cm³/mol. The minimum absolute atomic E-state index is 1.21. The second-order valence-electron chi connectivity index (χ2n) is 15.2. The summed E-state index contributed by atoms with van der Waals surface area (Å²) in [4.78, 5) is 0. The summed E-state index contributed by atoms with van der Waals surface area (Å²) in [6.45, 7) is 0. The van der Waals surface area contributed by atoms with E-state index in [-0.39, 0.29) is 0 Å². The molecule has 0 radical (unpaired) electrons. The van der Waals surface area contributed by atoms with E-state index in [4.69, 9.17) is 0 Å². The lowest BCUT2D eigenvalue weighted by molar-refractivity contribution is 1.18. The quantitative estimate of drug-likeness (QED) is 0.158. The molecule has 0 fully saturated rings. The van der Waals surface area contributed by atoms with Gasteiger partial charge in [-0.3, -0.25) is 0 Å². The molecule has 13 rings (SSSR count). The van der Waals surface area contributed by atoms with Crippen LogP contribution in [0.4, 0.5) is 0 Å². The molecule has 0 aliphatic carbocycles. The molecule has 254 valence electrons. The fraction of sp³-hybridized carbons (Fsp3) is 0. The molecule has 0 unspecified atom stereocenters. The van der Waals surface area contributed by atoms with Crippen LogP contribution < -0.4 is 20.7 Å². The summed E-state index contributed by atoms with van der Waals surface area (Å²) in [7, 11) is -2.58. The molecule has 2 aromatic heterocycles. The Labute approximate surface area is 318 Å². The maximum atomic E-state index is 2.57. The van der Waals surface area contributed by atoms with Crippen LogP contribution in [0.2, 0.25) is 0 Å². The van der Waals surface area contributed by atoms with Gasteiger partial charge < -0.3 is 9.13 Å². The number of hydrogen-bond acceptors (Lipinski definition) is 0. The maximum absolute atomic E-state index is 2.58. The lowest BCUT2D eigenvalue weighted by Gasteiger charge is -2.28. The van der Waals surface area contributed by atoms with Gasteiger partial charge in [0, 0.05) is 32.6 Å². The molecule has 3 heteroatoms. The van der Waals surface area contributed by atoms with Gasteiger partial charge >= 0.3 is 0 Å². The highest BCUT2D eigenvalue weighted by Gasteiger charge is 2.53. The number of nitrogens with zero attached hydrogens (tertiary/aromatic N) is 2. The molecule has 1 spiro atoms. The van der Waals surface area contributed by atoms with Crippen LogP contribution in [0.25, 0.3) is 88.0 Å². The van der Waals surface area contributed by atoms with Crippen molar-refractivity contribution in [1.29, 1.82) is 0 Å². The first-order valence-electron chi connectivity index (χ1n) is 19.2. The van der Waals surface area contributed by atoms with Crippen LogP contribution in [-0.2, 0) is 0 Å². The highest BCUT2D eigenvalue weighted by molar-refractivity contribution is 7.24. The summed E-state index contributed by atoms with van der Waals surface area (Å²) in [5.41, 5.74) is 12.9. The third kappa shape index (κ3) is 3.59. The minimum Gasteiger partial charge on any atom is -0.309 e. The fourth-order valence-electron chi connectivity index (χ4n) is 10.7. The van der Waals surface area contributed by atoms with Gasteiger partial charge in [-0.25, -0.2) is 0 Å². The van der Waals surface area contributed by atoms with E-state index in [0.717, 1.165) is 0 Å². The Bertz CT molecular complexity index is 3380. The average molecular weight is 713 g/mol. The van der Waals surface area contributed by atoms with Crippen molar-refractivity contribution in [3.05, 3.63) is 194 Å². The van der Waals surface area contributed by atoms with Crippen molar-refractivity contribution in [1.82, 2.24) is 9.13 Å². The third-order valence-corrected chi connectivity index (χ3v) is 17.7. The summed E-state index contributed by atoms with van der Waals surface area (Å²) in [6.07, 6.45) is 0. The Kier molecular flexibility index (Phi) is 5.68. The normalized spacial score (nSPS) is 13.6. The molecule has 0 atom stereocenters. The van der Waals surface area contributed by atoms with Crippen molar-refractivity contribution in [2.75, 3.05) is 0 Å². The van der Waals surface area contributed by atoms with Gasteiger partial charge in [-0.05, 0) is 90.9 Å². The van der Waals surface area contributed by atoms with Gasteiger partial charge in [0.15, 0.2) is 8.07 Å². The maximum Gasteiger partial charge on any atom is 0.182 e. The van der Waals surface area contributed by atoms with E-state index in [2.05, 4.69) is 203 Å². The summed E-state index contributed by atoms with van der Waals surface area (Å²) in [5.74, 6) is 0. The molecule has 55 heavy (non-hydrogen) atoms. The molecule has 9 aromatic carbocycles. The number of hydrogen-bond donors (Lipinski definition) is 0. The molecule has 0 bridgehead atoms. The lowest BCUT2D eigenvalue weighted by atomic mass is 10.1. The Hall–Kier alpha value is -6.94. The van der Waals surface area contributed by atoms with Crippen molar-refractivity contribution in [3.63, 3.8) is 0 Å². The Morgan fingerprint density at radius 3 is 1.42 bits per heavy atom. The van der Waals surface area contributed by atoms with Gasteiger partial charge in [-0.1, -0.05) is 152 Å². The van der Waals surface area contributed by atoms with E-state index in [1.807, 2.05) is 0 Å². The Balaban J connectivity index is 1.14. The second kappa shape index (κ2) is 10.6. The Morgan fingerprint density at radius 1 is 0.309 bits per heavy atom. The van der Waals surface area contributed by atoms with Crippen molar-refractivity contribution in [3.8, 4) is 33.6 Å². The standard InChI is InChI=1S/C52H32N2Si/c1-2-16-35-33(14-1)15-13-24-42(35)54-44-23-9-4-21-41(44)52-46(54)31-30-45-51(52)40-20-3-8-22-43(40)53(45)34-28-29-39-38-19-7-12-27-49(38)55(50(39)32-34)47-25-10-5-17-36(47)37-18-6-11-26-48(37)55/h1-32H. The van der Waals surface area contributed by atoms with E-state index < -0.39 is 8.07 Å². The van der Waals surface area contributed by atoms with Crippen LogP contribution in [0, 0.1) is 0 Å². The van der Waals surface area contributed by atoms with Crippen LogP contribution in [0.5, 0.6) is 0 Å². The second-order valence-corrected chi connectivity index (χ2v) is 18.8. The van der Waals surface area contributed by atoms with Crippen LogP contribution in [0.1, 0.15) is 0 Å². The molecular formula is C52H32N2Si. The molecule has 0 amide bonds. The predicted octanol–water partition coefficient (Wildman–Crippen LogP) is 10.4. The Morgan fingerprint density at radius 2 is 0.782 bits per heavy atom. The molecule has 0 N–H and O–H groups in total. The largest absolute Gasteiger partial charge is 0.309 e. The lowest BCUT2D eigenvalue weighted by Crippen LogP contribution is -2.70. The van der Waals surface area contributed by atoms with Crippen LogP contribution >= 0.6 is 0 Å². The van der Waals surface area contributed by atoms with Gasteiger partial charge in [0.1, 0.15) is 0 Å². The fourth-order valence-corrected chi connectivity index (χ4v) is 16.3. The van der Waals surface area contributed by atoms with Crippen LogP contribution in [0.3, 0.4) is 0 Å². The van der Waals surface area contributed by atoms with Gasteiger partial charge in [0.2, 0.25) is 0 Å². The molecule has 4 heterocycles. The van der Waals surface area contributed by atoms with Crippen LogP contribution in [-0.4, -0.2) is 17.2 Å². The molecular weight excluding hydrogens is 681 g/mol. The molecule has 2 nitrogen and oxygen atoms in total. The average Bonchev–Trinajstić information content (AvgIpc) is 3.95. The SMILES string of the molecule is c1ccc2c(c1)-c1ccccc1[Si]21c2ccccc2-c2ccc(-n3c4ccccc4c4c5c6ccccc6n(-c6cccc7ccccc67)c5ccc43)cc21. The molecule has 2 aliphatic heterocycles. The number of rotatable bonds is 2. The number of aromatic nitrogens is 2. The first kappa shape index (κ1) is 29.5. The van der Waals surface area contributed by atoms with E-state index >= 15 is 0 Å². The van der Waals surface area contributed by atoms with E-state index in [1.54, 1.807) is 0 Å². The molecule has 0 saturated carbocycles. The highest BCUT2D eigenvalue weighted by atomic mass is 28.3. The number of fused-ring (bicyclic) bond motifs is 18. The summed E-state index contributed by atoms with van der Waals surface area (Å²) in [5, 5.41) is 13.6. The summed E-state index contributed by atoms with van der Waals surface area (Å²) in [6, 6.07) is 73.1. The zero-order chi connectivity index (χ0) is 35.8. The zero-order valence-electron chi connectivity index (χ0n) is 29.9. The summed E-state index contributed by atoms with van der Waals surface area (Å²) < 4.78 is 5.02. The van der Waals surface area contributed by atoms with Crippen molar-refractivity contribution < 1.29 is 0 Å². The third-order valence-electron chi connectivity index (χ3n) is 12.7. The smallest absolute Gasteiger partial charge is 0.182 e. The van der Waals surface area contributed by atoms with Gasteiger partial charge in [-0.15, -0.1) is 0 Å². The first-order valence-corrected chi connectivity index (χ1v) is 21.2. The van der Waals surface area contributed by atoms with Gasteiger partial charge in [0.05, 0.1) is 27.8 Å². The van der Waals surface area contributed by atoms with E-state index in [1.165, 1.54) is 109 Å². The van der Waals surface area contributed by atoms with Crippen LogP contribution in [0.15, 0.2) is 194 Å². The van der Waals surface area contributed by atoms with Crippen molar-refractivity contribution in [2.45, 2.75) is 0 Å².